The first-order chi connectivity index (χ1) is 9.59. The van der Waals surface area contributed by atoms with Crippen LogP contribution >= 0.6 is 0 Å². The summed E-state index contributed by atoms with van der Waals surface area (Å²) in [5.74, 6) is -0.983. The Kier molecular flexibility index (Phi) is 4.10. The molecule has 0 saturated carbocycles. The zero-order valence-electron chi connectivity index (χ0n) is 10.7. The van der Waals surface area contributed by atoms with Gasteiger partial charge in [0.25, 0.3) is 5.69 Å². The summed E-state index contributed by atoms with van der Waals surface area (Å²) in [7, 11) is 0. The zero-order chi connectivity index (χ0) is 14.5. The van der Waals surface area contributed by atoms with E-state index in [-0.39, 0.29) is 11.3 Å². The molecule has 0 aromatic heterocycles. The molecule has 0 atom stereocenters. The molecule has 0 saturated heterocycles. The summed E-state index contributed by atoms with van der Waals surface area (Å²) in [6.07, 6.45) is 0.884. The van der Waals surface area contributed by atoms with Crippen molar-refractivity contribution in [2.24, 2.45) is 0 Å². The van der Waals surface area contributed by atoms with Gasteiger partial charge >= 0.3 is 5.97 Å². The third-order valence-electron chi connectivity index (χ3n) is 3.10. The Labute approximate surface area is 115 Å². The van der Waals surface area contributed by atoms with Crippen LogP contribution in [0, 0.1) is 10.1 Å². The monoisotopic (exact) mass is 271 g/mol. The van der Waals surface area contributed by atoms with Crippen molar-refractivity contribution in [2.75, 3.05) is 0 Å². The molecule has 0 unspecified atom stereocenters. The molecule has 20 heavy (non-hydrogen) atoms. The quantitative estimate of drug-likeness (QED) is 0.669. The minimum absolute atomic E-state index is 0.0697. The lowest BCUT2D eigenvalue weighted by Gasteiger charge is -2.06. The smallest absolute Gasteiger partial charge is 0.335 e. The van der Waals surface area contributed by atoms with E-state index in [1.54, 1.807) is 36.4 Å². The molecule has 0 aliphatic heterocycles. The van der Waals surface area contributed by atoms with E-state index in [0.29, 0.717) is 24.0 Å². The summed E-state index contributed by atoms with van der Waals surface area (Å²) in [5, 5.41) is 20.0. The van der Waals surface area contributed by atoms with E-state index in [1.165, 1.54) is 12.1 Å². The highest BCUT2D eigenvalue weighted by atomic mass is 16.6. The molecule has 0 bridgehead atoms. The van der Waals surface area contributed by atoms with E-state index < -0.39 is 10.9 Å². The third kappa shape index (κ3) is 3.00. The second kappa shape index (κ2) is 5.97. The van der Waals surface area contributed by atoms with Gasteiger partial charge in [0.05, 0.1) is 10.5 Å². The van der Waals surface area contributed by atoms with Crippen LogP contribution in [0.25, 0.3) is 0 Å². The Bertz CT molecular complexity index is 594. The lowest BCUT2D eigenvalue weighted by molar-refractivity contribution is -0.385. The molecule has 2 aromatic rings. The molecule has 5 heteroatoms. The number of hydrogen-bond acceptors (Lipinski definition) is 3. The van der Waals surface area contributed by atoms with Crippen LogP contribution in [-0.2, 0) is 12.8 Å². The second-order valence-corrected chi connectivity index (χ2v) is 4.35. The summed E-state index contributed by atoms with van der Waals surface area (Å²) in [4.78, 5) is 21.6. The largest absolute Gasteiger partial charge is 0.478 e. The number of rotatable bonds is 5. The minimum Gasteiger partial charge on any atom is -0.478 e. The number of hydrogen-bond donors (Lipinski definition) is 1. The number of carboxylic acids is 1. The molecule has 0 aliphatic carbocycles. The van der Waals surface area contributed by atoms with Crippen LogP contribution in [0.3, 0.4) is 0 Å². The molecule has 5 nitrogen and oxygen atoms in total. The Balaban J connectivity index is 2.22. The Morgan fingerprint density at radius 2 is 1.55 bits per heavy atom. The van der Waals surface area contributed by atoms with Gasteiger partial charge in [0.2, 0.25) is 0 Å². The predicted octanol–water partition coefficient (Wildman–Crippen LogP) is 3.08. The number of aromatic carboxylic acids is 1. The van der Waals surface area contributed by atoms with Crippen LogP contribution < -0.4 is 0 Å². The number of aryl methyl sites for hydroxylation is 2. The van der Waals surface area contributed by atoms with Crippen LogP contribution in [-0.4, -0.2) is 16.0 Å². The van der Waals surface area contributed by atoms with Gasteiger partial charge in [0, 0.05) is 11.6 Å². The first-order valence-corrected chi connectivity index (χ1v) is 6.13. The lowest BCUT2D eigenvalue weighted by atomic mass is 9.99. The third-order valence-corrected chi connectivity index (χ3v) is 3.10. The van der Waals surface area contributed by atoms with Crippen LogP contribution in [0.4, 0.5) is 5.69 Å². The number of carbonyl (C=O) groups is 1. The van der Waals surface area contributed by atoms with Crippen LogP contribution in [0.5, 0.6) is 0 Å². The van der Waals surface area contributed by atoms with Crippen molar-refractivity contribution < 1.29 is 14.8 Å². The lowest BCUT2D eigenvalue weighted by Crippen LogP contribution is -2.04. The average Bonchev–Trinajstić information content (AvgIpc) is 2.45. The normalized spacial score (nSPS) is 10.2. The summed E-state index contributed by atoms with van der Waals surface area (Å²) in [5.41, 5.74) is 1.60. The Morgan fingerprint density at radius 3 is 2.20 bits per heavy atom. The second-order valence-electron chi connectivity index (χ2n) is 4.35. The molecule has 0 fully saturated rings. The van der Waals surface area contributed by atoms with Crippen molar-refractivity contribution in [1.29, 1.82) is 0 Å². The molecule has 0 spiro atoms. The van der Waals surface area contributed by atoms with Gasteiger partial charge in [-0.1, -0.05) is 36.4 Å². The SMILES string of the molecule is O=C(O)c1ccccc1CCc1ccccc1[N+](=O)[O-]. The van der Waals surface area contributed by atoms with Crippen LogP contribution in [0.15, 0.2) is 48.5 Å². The number of nitro groups is 1. The maximum atomic E-state index is 11.1. The first kappa shape index (κ1) is 13.7. The van der Waals surface area contributed by atoms with Crippen molar-refractivity contribution in [3.05, 3.63) is 75.3 Å². The van der Waals surface area contributed by atoms with Crippen molar-refractivity contribution in [3.63, 3.8) is 0 Å². The fourth-order valence-corrected chi connectivity index (χ4v) is 2.12. The summed E-state index contributed by atoms with van der Waals surface area (Å²) >= 11 is 0. The number of nitrogens with zero attached hydrogens (tertiary/aromatic N) is 1. The maximum absolute atomic E-state index is 11.1. The van der Waals surface area contributed by atoms with Gasteiger partial charge in [-0.15, -0.1) is 0 Å². The summed E-state index contributed by atoms with van der Waals surface area (Å²) < 4.78 is 0. The predicted molar refractivity (Wildman–Crippen MR) is 73.9 cm³/mol. The molecule has 0 aliphatic rings. The Morgan fingerprint density at radius 1 is 1.00 bits per heavy atom. The first-order valence-electron chi connectivity index (χ1n) is 6.13. The van der Waals surface area contributed by atoms with Crippen LogP contribution in [0.2, 0.25) is 0 Å². The summed E-state index contributed by atoms with van der Waals surface area (Å²) in [6.45, 7) is 0. The molecule has 0 amide bonds. The maximum Gasteiger partial charge on any atom is 0.335 e. The molecule has 0 radical (unpaired) electrons. The number of carboxylic acid groups (broad SMARTS) is 1. The van der Waals surface area contributed by atoms with Gasteiger partial charge < -0.3 is 5.11 Å². The van der Waals surface area contributed by atoms with E-state index in [9.17, 15) is 14.9 Å². The molecule has 2 rings (SSSR count). The van der Waals surface area contributed by atoms with Gasteiger partial charge in [-0.3, -0.25) is 10.1 Å². The average molecular weight is 271 g/mol. The highest BCUT2D eigenvalue weighted by molar-refractivity contribution is 5.89. The molecule has 0 heterocycles. The van der Waals surface area contributed by atoms with Crippen molar-refractivity contribution in [2.45, 2.75) is 12.8 Å². The number of benzene rings is 2. The van der Waals surface area contributed by atoms with Gasteiger partial charge in [0.1, 0.15) is 0 Å². The molecule has 2 aromatic carbocycles. The van der Waals surface area contributed by atoms with Gasteiger partial charge in [-0.05, 0) is 24.5 Å². The van der Waals surface area contributed by atoms with Crippen molar-refractivity contribution in [3.8, 4) is 0 Å². The number of nitro benzene ring substituents is 1. The standard InChI is InChI=1S/C15H13NO4/c17-15(18)13-7-3-1-5-11(13)9-10-12-6-2-4-8-14(12)16(19)20/h1-8H,9-10H2,(H,17,18). The summed E-state index contributed by atoms with van der Waals surface area (Å²) in [6, 6.07) is 13.2. The van der Waals surface area contributed by atoms with Gasteiger partial charge in [0.15, 0.2) is 0 Å². The van der Waals surface area contributed by atoms with Gasteiger partial charge in [-0.2, -0.15) is 0 Å². The van der Waals surface area contributed by atoms with E-state index in [0.717, 1.165) is 0 Å². The van der Waals surface area contributed by atoms with E-state index in [4.69, 9.17) is 5.11 Å². The van der Waals surface area contributed by atoms with E-state index in [2.05, 4.69) is 0 Å². The van der Waals surface area contributed by atoms with Crippen molar-refractivity contribution in [1.82, 2.24) is 0 Å². The number of para-hydroxylation sites is 1. The highest BCUT2D eigenvalue weighted by Crippen LogP contribution is 2.20. The zero-order valence-corrected chi connectivity index (χ0v) is 10.7. The highest BCUT2D eigenvalue weighted by Gasteiger charge is 2.14. The molecular formula is C15H13NO4. The molecule has 102 valence electrons. The fourth-order valence-electron chi connectivity index (χ4n) is 2.12. The van der Waals surface area contributed by atoms with Crippen LogP contribution in [0.1, 0.15) is 21.5 Å². The minimum atomic E-state index is -0.983. The molecule has 1 N–H and O–H groups in total. The molecular weight excluding hydrogens is 258 g/mol. The van der Waals surface area contributed by atoms with Crippen molar-refractivity contribution >= 4 is 11.7 Å². The van der Waals surface area contributed by atoms with Gasteiger partial charge in [-0.25, -0.2) is 4.79 Å². The van der Waals surface area contributed by atoms with E-state index >= 15 is 0 Å². The fraction of sp³-hybridized carbons (Fsp3) is 0.133. The topological polar surface area (TPSA) is 80.4 Å². The van der Waals surface area contributed by atoms with E-state index in [1.807, 2.05) is 0 Å². The Hall–Kier alpha value is -2.69.